The molecule has 7 heteroatoms. The Kier molecular flexibility index (Phi) is 11.7. The van der Waals surface area contributed by atoms with Crippen molar-refractivity contribution < 1.29 is 0 Å². The predicted octanol–water partition coefficient (Wildman–Crippen LogP) is 19.4. The molecular formula is C77H47N7. The molecule has 0 bridgehead atoms. The Bertz CT molecular complexity index is 4950. The summed E-state index contributed by atoms with van der Waals surface area (Å²) in [6, 6.07) is 96.0. The molecule has 0 radical (unpaired) electrons. The Morgan fingerprint density at radius 1 is 0.190 bits per heavy atom. The van der Waals surface area contributed by atoms with Crippen LogP contribution < -0.4 is 0 Å². The number of pyridine rings is 4. The van der Waals surface area contributed by atoms with Crippen LogP contribution in [-0.4, -0.2) is 34.9 Å². The molecular weight excluding hydrogens is 1020 g/mol. The summed E-state index contributed by atoms with van der Waals surface area (Å²) in [6.07, 6.45) is 3.68. The quantitative estimate of drug-likeness (QED) is 0.133. The van der Waals surface area contributed by atoms with Gasteiger partial charge in [-0.1, -0.05) is 218 Å². The summed E-state index contributed by atoms with van der Waals surface area (Å²) < 4.78 is 0. The number of hydrogen-bond donors (Lipinski definition) is 0. The van der Waals surface area contributed by atoms with Crippen molar-refractivity contribution >= 4 is 65.2 Å². The third kappa shape index (κ3) is 8.67. The fraction of sp³-hybridized carbons (Fsp3) is 0. The lowest BCUT2D eigenvalue weighted by molar-refractivity contribution is 1.07. The van der Waals surface area contributed by atoms with Crippen molar-refractivity contribution in [2.24, 2.45) is 0 Å². The lowest BCUT2D eigenvalue weighted by atomic mass is 9.88. The van der Waals surface area contributed by atoms with Crippen molar-refractivity contribution in [1.82, 2.24) is 34.9 Å². The van der Waals surface area contributed by atoms with Gasteiger partial charge in [-0.15, -0.1) is 0 Å². The molecule has 0 aliphatic carbocycles. The molecule has 390 valence electrons. The lowest BCUT2D eigenvalue weighted by Gasteiger charge is -2.17. The van der Waals surface area contributed by atoms with Crippen LogP contribution in [0.1, 0.15) is 0 Å². The maximum Gasteiger partial charge on any atom is 0.164 e. The van der Waals surface area contributed by atoms with Gasteiger partial charge in [0, 0.05) is 61.8 Å². The van der Waals surface area contributed by atoms with E-state index in [2.05, 4.69) is 249 Å². The number of aromatic nitrogens is 7. The molecule has 0 N–H and O–H groups in total. The zero-order chi connectivity index (χ0) is 55.5. The van der Waals surface area contributed by atoms with Crippen LogP contribution in [0.25, 0.3) is 166 Å². The second-order valence-electron chi connectivity index (χ2n) is 21.2. The fourth-order valence-corrected chi connectivity index (χ4v) is 12.1. The third-order valence-corrected chi connectivity index (χ3v) is 16.2. The van der Waals surface area contributed by atoms with Crippen LogP contribution in [0.3, 0.4) is 0 Å². The third-order valence-electron chi connectivity index (χ3n) is 16.2. The Morgan fingerprint density at radius 2 is 0.524 bits per heavy atom. The first-order valence-electron chi connectivity index (χ1n) is 28.2. The topological polar surface area (TPSA) is 90.2 Å². The minimum Gasteiger partial charge on any atom is -0.254 e. The number of fused-ring (bicyclic) bond motifs is 8. The minimum absolute atomic E-state index is 0.553. The van der Waals surface area contributed by atoms with Crippen LogP contribution in [0, 0.1) is 0 Å². The Morgan fingerprint density at radius 3 is 0.976 bits per heavy atom. The van der Waals surface area contributed by atoms with Crippen LogP contribution in [-0.2, 0) is 0 Å². The molecule has 16 rings (SSSR count). The summed E-state index contributed by atoms with van der Waals surface area (Å²) in [5.41, 5.74) is 18.5. The Labute approximate surface area is 484 Å². The van der Waals surface area contributed by atoms with E-state index in [1.54, 1.807) is 0 Å². The van der Waals surface area contributed by atoms with Crippen LogP contribution in [0.5, 0.6) is 0 Å². The first kappa shape index (κ1) is 48.5. The highest BCUT2D eigenvalue weighted by Gasteiger charge is 2.20. The number of rotatable bonds is 9. The predicted molar refractivity (Wildman–Crippen MR) is 345 cm³/mol. The van der Waals surface area contributed by atoms with E-state index >= 15 is 0 Å². The molecule has 0 atom stereocenters. The van der Waals surface area contributed by atoms with Gasteiger partial charge in [-0.2, -0.15) is 0 Å². The molecule has 84 heavy (non-hydrogen) atoms. The molecule has 5 aromatic heterocycles. The number of nitrogens with zero attached hydrogens (tertiary/aromatic N) is 7. The molecule has 5 heterocycles. The maximum absolute atomic E-state index is 5.46. The van der Waals surface area contributed by atoms with Gasteiger partial charge in [-0.25, -0.2) is 24.9 Å². The summed E-state index contributed by atoms with van der Waals surface area (Å²) in [5, 5.41) is 8.57. The number of hydrogen-bond acceptors (Lipinski definition) is 7. The molecule has 11 aromatic carbocycles. The van der Waals surface area contributed by atoms with E-state index in [0.717, 1.165) is 149 Å². The van der Waals surface area contributed by atoms with Crippen molar-refractivity contribution in [3.05, 3.63) is 285 Å². The molecule has 0 saturated heterocycles. The summed E-state index contributed by atoms with van der Waals surface area (Å²) in [6.45, 7) is 0. The summed E-state index contributed by atoms with van der Waals surface area (Å²) in [7, 11) is 0. The fourth-order valence-electron chi connectivity index (χ4n) is 12.1. The van der Waals surface area contributed by atoms with Gasteiger partial charge in [-0.05, 0) is 121 Å². The van der Waals surface area contributed by atoms with Gasteiger partial charge in [-0.3, -0.25) is 9.97 Å². The smallest absolute Gasteiger partial charge is 0.164 e. The highest BCUT2D eigenvalue weighted by atomic mass is 15.0. The molecule has 0 saturated carbocycles. The normalized spacial score (nSPS) is 11.6. The first-order valence-corrected chi connectivity index (χ1v) is 28.2. The average Bonchev–Trinajstić information content (AvgIpc) is 3.77. The van der Waals surface area contributed by atoms with E-state index in [1.165, 1.54) is 0 Å². The summed E-state index contributed by atoms with van der Waals surface area (Å²) in [5.74, 6) is 1.70. The molecule has 0 unspecified atom stereocenters. The van der Waals surface area contributed by atoms with E-state index in [4.69, 9.17) is 34.9 Å². The second kappa shape index (κ2) is 20.3. The summed E-state index contributed by atoms with van der Waals surface area (Å²) >= 11 is 0. The molecule has 16 aromatic rings. The van der Waals surface area contributed by atoms with Gasteiger partial charge < -0.3 is 0 Å². The van der Waals surface area contributed by atoms with Gasteiger partial charge in [0.05, 0.1) is 33.5 Å². The molecule has 0 amide bonds. The van der Waals surface area contributed by atoms with Gasteiger partial charge in [0.1, 0.15) is 0 Å². The average molecular weight is 1070 g/mol. The van der Waals surface area contributed by atoms with E-state index in [1.807, 2.05) is 36.7 Å². The number of benzene rings is 11. The van der Waals surface area contributed by atoms with Crippen LogP contribution in [0.4, 0.5) is 0 Å². The van der Waals surface area contributed by atoms with Gasteiger partial charge in [0.2, 0.25) is 0 Å². The van der Waals surface area contributed by atoms with Crippen molar-refractivity contribution in [2.75, 3.05) is 0 Å². The summed E-state index contributed by atoms with van der Waals surface area (Å²) in [4.78, 5) is 36.5. The molecule has 0 aliphatic rings. The van der Waals surface area contributed by atoms with Gasteiger partial charge in [0.25, 0.3) is 0 Å². The minimum atomic E-state index is 0.553. The van der Waals surface area contributed by atoms with Gasteiger partial charge in [0.15, 0.2) is 17.5 Å². The molecule has 0 aliphatic heterocycles. The van der Waals surface area contributed by atoms with E-state index < -0.39 is 0 Å². The van der Waals surface area contributed by atoms with Crippen LogP contribution >= 0.6 is 0 Å². The molecule has 0 fully saturated rings. The first-order chi connectivity index (χ1) is 41.6. The monoisotopic (exact) mass is 1070 g/mol. The van der Waals surface area contributed by atoms with Crippen LogP contribution in [0.2, 0.25) is 0 Å². The Hall–Kier alpha value is -11.4. The molecule has 7 nitrogen and oxygen atoms in total. The highest BCUT2D eigenvalue weighted by molar-refractivity contribution is 6.10. The Balaban J connectivity index is 0.917. The standard InChI is InChI=1S/C77H47N7/c1-3-15-48(16-4-1)54-19-11-21-56(43-54)75-82-76(57-22-12-20-55(44-57)49-17-5-2-6-18-49)84-77(83-75)60-46-58(61-35-37-67(65-27-9-7-25-63(61)65)69-39-33-52-31-29-50-23-13-41-78-71(50)73(52)80-69)45-59(47-60)62-36-38-68(66-28-10-8-26-64(62)66)70-40-34-53-32-30-51-24-14-42-79-72(51)74(53)81-70/h1-47H. The maximum atomic E-state index is 5.46. The van der Waals surface area contributed by atoms with Gasteiger partial charge >= 0.3 is 0 Å². The van der Waals surface area contributed by atoms with Crippen molar-refractivity contribution in [1.29, 1.82) is 0 Å². The molecule has 0 spiro atoms. The second-order valence-corrected chi connectivity index (χ2v) is 21.2. The lowest BCUT2D eigenvalue weighted by Crippen LogP contribution is -2.01. The zero-order valence-corrected chi connectivity index (χ0v) is 45.3. The SMILES string of the molecule is c1ccc(-c2cccc(-c3nc(-c4cccc(-c5ccccc5)c4)nc(-c4cc(-c5ccc(-c6ccc7ccc8cccnc8c7n6)c6ccccc56)cc(-c5ccc(-c6ccc7ccc8cccnc8c7n6)c6ccccc56)c4)n3)c2)cc1. The zero-order valence-electron chi connectivity index (χ0n) is 45.3. The highest BCUT2D eigenvalue weighted by Crippen LogP contribution is 2.43. The van der Waals surface area contributed by atoms with E-state index in [-0.39, 0.29) is 0 Å². The van der Waals surface area contributed by atoms with E-state index in [0.29, 0.717) is 17.5 Å². The van der Waals surface area contributed by atoms with Crippen molar-refractivity contribution in [2.45, 2.75) is 0 Å². The van der Waals surface area contributed by atoms with Crippen LogP contribution in [0.15, 0.2) is 285 Å². The largest absolute Gasteiger partial charge is 0.254 e. The van der Waals surface area contributed by atoms with E-state index in [9.17, 15) is 0 Å². The van der Waals surface area contributed by atoms with Crippen molar-refractivity contribution in [3.8, 4) is 101 Å². The van der Waals surface area contributed by atoms with Crippen molar-refractivity contribution in [3.63, 3.8) is 0 Å².